The standard InChI is InChI=1S/C15H18N2S/c1-3-5-13-14(16-10-17-15(13)18)12-8-6-11(4-2)7-9-12/h6-10H,3-5H2,1-2H3,(H,16,17,18). The highest BCUT2D eigenvalue weighted by Crippen LogP contribution is 2.23. The maximum absolute atomic E-state index is 5.32. The summed E-state index contributed by atoms with van der Waals surface area (Å²) in [6, 6.07) is 8.64. The normalized spacial score (nSPS) is 10.6. The Bertz CT molecular complexity index is 570. The number of hydrogen-bond donors (Lipinski definition) is 1. The first-order valence-electron chi connectivity index (χ1n) is 6.42. The highest BCUT2D eigenvalue weighted by Gasteiger charge is 2.07. The van der Waals surface area contributed by atoms with Gasteiger partial charge in [-0.2, -0.15) is 0 Å². The van der Waals surface area contributed by atoms with Gasteiger partial charge in [-0.3, -0.25) is 0 Å². The average Bonchev–Trinajstić information content (AvgIpc) is 2.41. The third-order valence-electron chi connectivity index (χ3n) is 3.10. The molecule has 3 heteroatoms. The van der Waals surface area contributed by atoms with Gasteiger partial charge in [-0.05, 0) is 24.0 Å². The minimum absolute atomic E-state index is 0.713. The first kappa shape index (κ1) is 13.0. The van der Waals surface area contributed by atoms with Crippen LogP contribution in [0.15, 0.2) is 30.6 Å². The van der Waals surface area contributed by atoms with E-state index in [9.17, 15) is 0 Å². The second-order valence-electron chi connectivity index (χ2n) is 4.36. The Balaban J connectivity index is 2.48. The fraction of sp³-hybridized carbons (Fsp3) is 0.333. The Morgan fingerprint density at radius 2 is 1.89 bits per heavy atom. The van der Waals surface area contributed by atoms with Gasteiger partial charge in [0.05, 0.1) is 12.0 Å². The third kappa shape index (κ3) is 2.67. The Labute approximate surface area is 113 Å². The Morgan fingerprint density at radius 3 is 2.50 bits per heavy atom. The fourth-order valence-corrected chi connectivity index (χ4v) is 2.33. The van der Waals surface area contributed by atoms with Gasteiger partial charge in [-0.25, -0.2) is 4.98 Å². The Kier molecular flexibility index (Phi) is 4.26. The molecule has 0 aliphatic rings. The van der Waals surface area contributed by atoms with E-state index in [1.807, 2.05) is 0 Å². The van der Waals surface area contributed by atoms with Crippen LogP contribution in [0.3, 0.4) is 0 Å². The summed E-state index contributed by atoms with van der Waals surface area (Å²) in [6.45, 7) is 4.32. The molecule has 0 unspecified atom stereocenters. The van der Waals surface area contributed by atoms with E-state index < -0.39 is 0 Å². The molecule has 0 atom stereocenters. The lowest BCUT2D eigenvalue weighted by Gasteiger charge is -2.09. The van der Waals surface area contributed by atoms with E-state index in [1.54, 1.807) is 6.33 Å². The number of H-pyrrole nitrogens is 1. The molecule has 0 aliphatic carbocycles. The third-order valence-corrected chi connectivity index (χ3v) is 3.45. The van der Waals surface area contributed by atoms with Crippen LogP contribution in [0.25, 0.3) is 11.3 Å². The van der Waals surface area contributed by atoms with Crippen molar-refractivity contribution in [2.75, 3.05) is 0 Å². The minimum atomic E-state index is 0.713. The smallest absolute Gasteiger partial charge is 0.133 e. The first-order chi connectivity index (χ1) is 8.76. The van der Waals surface area contributed by atoms with Gasteiger partial charge in [0.15, 0.2) is 0 Å². The highest BCUT2D eigenvalue weighted by atomic mass is 32.1. The lowest BCUT2D eigenvalue weighted by atomic mass is 10.0. The zero-order valence-corrected chi connectivity index (χ0v) is 11.7. The molecule has 0 spiro atoms. The van der Waals surface area contributed by atoms with E-state index in [0.717, 1.165) is 30.5 Å². The summed E-state index contributed by atoms with van der Waals surface area (Å²) in [6.07, 6.45) is 4.79. The second-order valence-corrected chi connectivity index (χ2v) is 4.75. The van der Waals surface area contributed by atoms with Crippen LogP contribution in [0.1, 0.15) is 31.4 Å². The molecule has 0 amide bonds. The van der Waals surface area contributed by atoms with E-state index in [2.05, 4.69) is 48.1 Å². The Morgan fingerprint density at radius 1 is 1.17 bits per heavy atom. The van der Waals surface area contributed by atoms with Gasteiger partial charge < -0.3 is 4.98 Å². The molecule has 94 valence electrons. The summed E-state index contributed by atoms with van der Waals surface area (Å²) >= 11 is 5.32. The molecular weight excluding hydrogens is 240 g/mol. The van der Waals surface area contributed by atoms with E-state index in [-0.39, 0.29) is 0 Å². The molecule has 2 aromatic rings. The van der Waals surface area contributed by atoms with Gasteiger partial charge >= 0.3 is 0 Å². The van der Waals surface area contributed by atoms with Crippen molar-refractivity contribution in [3.63, 3.8) is 0 Å². The van der Waals surface area contributed by atoms with E-state index in [4.69, 9.17) is 12.2 Å². The second kappa shape index (κ2) is 5.91. The molecule has 1 aromatic heterocycles. The molecular formula is C15H18N2S. The molecule has 0 saturated carbocycles. The van der Waals surface area contributed by atoms with Gasteiger partial charge in [-0.15, -0.1) is 0 Å². The van der Waals surface area contributed by atoms with E-state index in [1.165, 1.54) is 11.1 Å². The first-order valence-corrected chi connectivity index (χ1v) is 6.83. The van der Waals surface area contributed by atoms with Gasteiger partial charge in [0.2, 0.25) is 0 Å². The molecule has 1 aromatic carbocycles. The van der Waals surface area contributed by atoms with Crippen LogP contribution in [-0.2, 0) is 12.8 Å². The molecule has 1 heterocycles. The van der Waals surface area contributed by atoms with Crippen molar-refractivity contribution in [3.8, 4) is 11.3 Å². The van der Waals surface area contributed by atoms with E-state index >= 15 is 0 Å². The molecule has 2 rings (SSSR count). The molecule has 0 bridgehead atoms. The van der Waals surface area contributed by atoms with Crippen LogP contribution in [0.5, 0.6) is 0 Å². The van der Waals surface area contributed by atoms with E-state index in [0.29, 0.717) is 4.64 Å². The highest BCUT2D eigenvalue weighted by molar-refractivity contribution is 7.71. The summed E-state index contributed by atoms with van der Waals surface area (Å²) in [5, 5.41) is 0. The number of rotatable bonds is 4. The van der Waals surface area contributed by atoms with Crippen molar-refractivity contribution in [2.24, 2.45) is 0 Å². The van der Waals surface area contributed by atoms with Crippen molar-refractivity contribution < 1.29 is 0 Å². The summed E-state index contributed by atoms with van der Waals surface area (Å²) in [4.78, 5) is 7.42. The average molecular weight is 258 g/mol. The zero-order valence-electron chi connectivity index (χ0n) is 10.9. The monoisotopic (exact) mass is 258 g/mol. The van der Waals surface area contributed by atoms with Gasteiger partial charge in [0, 0.05) is 5.56 Å². The number of aromatic amines is 1. The summed E-state index contributed by atoms with van der Waals surface area (Å²) in [5.74, 6) is 0. The van der Waals surface area contributed by atoms with Crippen LogP contribution in [-0.4, -0.2) is 9.97 Å². The maximum Gasteiger partial charge on any atom is 0.133 e. The number of hydrogen-bond acceptors (Lipinski definition) is 2. The molecule has 0 saturated heterocycles. The van der Waals surface area contributed by atoms with Crippen LogP contribution >= 0.6 is 12.2 Å². The SMILES string of the molecule is CCCc1c(-c2ccc(CC)cc2)[nH]cnc1=S. The fourth-order valence-electron chi connectivity index (χ4n) is 2.07. The number of aryl methyl sites for hydroxylation is 1. The lowest BCUT2D eigenvalue weighted by Crippen LogP contribution is -1.96. The van der Waals surface area contributed by atoms with Crippen molar-refractivity contribution in [1.29, 1.82) is 0 Å². The zero-order chi connectivity index (χ0) is 13.0. The van der Waals surface area contributed by atoms with Gasteiger partial charge in [0.1, 0.15) is 4.64 Å². The lowest BCUT2D eigenvalue weighted by molar-refractivity contribution is 0.898. The van der Waals surface area contributed by atoms with Crippen molar-refractivity contribution in [2.45, 2.75) is 33.1 Å². The largest absolute Gasteiger partial charge is 0.346 e. The molecule has 0 aliphatic heterocycles. The van der Waals surface area contributed by atoms with Crippen molar-refractivity contribution in [3.05, 3.63) is 46.4 Å². The number of nitrogens with zero attached hydrogens (tertiary/aromatic N) is 1. The predicted octanol–water partition coefficient (Wildman–Crippen LogP) is 4.32. The van der Waals surface area contributed by atoms with Crippen molar-refractivity contribution in [1.82, 2.24) is 9.97 Å². The molecule has 1 N–H and O–H groups in total. The summed E-state index contributed by atoms with van der Waals surface area (Å²) in [7, 11) is 0. The van der Waals surface area contributed by atoms with Crippen LogP contribution in [0, 0.1) is 4.64 Å². The molecule has 0 fully saturated rings. The van der Waals surface area contributed by atoms with Crippen molar-refractivity contribution >= 4 is 12.2 Å². The predicted molar refractivity (Wildman–Crippen MR) is 78.2 cm³/mol. The minimum Gasteiger partial charge on any atom is -0.346 e. The summed E-state index contributed by atoms with van der Waals surface area (Å²) < 4.78 is 0.713. The maximum atomic E-state index is 5.32. The van der Waals surface area contributed by atoms with Crippen LogP contribution < -0.4 is 0 Å². The molecule has 0 radical (unpaired) electrons. The van der Waals surface area contributed by atoms with Gasteiger partial charge in [0.25, 0.3) is 0 Å². The van der Waals surface area contributed by atoms with Crippen LogP contribution in [0.4, 0.5) is 0 Å². The molecule has 18 heavy (non-hydrogen) atoms. The number of benzene rings is 1. The van der Waals surface area contributed by atoms with Crippen LogP contribution in [0.2, 0.25) is 0 Å². The van der Waals surface area contributed by atoms with Gasteiger partial charge in [-0.1, -0.05) is 56.8 Å². The number of nitrogens with one attached hydrogen (secondary N) is 1. The Hall–Kier alpha value is -1.48. The molecule has 2 nitrogen and oxygen atoms in total. The quantitative estimate of drug-likeness (QED) is 0.827. The number of aromatic nitrogens is 2. The topological polar surface area (TPSA) is 28.7 Å². The summed E-state index contributed by atoms with van der Waals surface area (Å²) in [5.41, 5.74) is 4.80.